The van der Waals surface area contributed by atoms with Crippen LogP contribution in [0.4, 0.5) is 0 Å². The molecule has 0 fully saturated rings. The third-order valence-corrected chi connectivity index (χ3v) is 3.28. The fraction of sp³-hybridized carbons (Fsp3) is 0. The van der Waals surface area contributed by atoms with Crippen molar-refractivity contribution in [3.63, 3.8) is 0 Å². The van der Waals surface area contributed by atoms with Gasteiger partial charge in [-0.2, -0.15) is 0 Å². The highest BCUT2D eigenvalue weighted by Gasteiger charge is 2.17. The van der Waals surface area contributed by atoms with Gasteiger partial charge in [0.1, 0.15) is 0 Å². The van der Waals surface area contributed by atoms with Crippen molar-refractivity contribution in [2.75, 3.05) is 0 Å². The Hall–Kier alpha value is -3.28. The third-order valence-electron chi connectivity index (χ3n) is 3.28. The van der Waals surface area contributed by atoms with Gasteiger partial charge in [0.15, 0.2) is 12.1 Å². The normalized spacial score (nSPS) is 10.5. The van der Waals surface area contributed by atoms with E-state index in [1.165, 1.54) is 12.1 Å². The van der Waals surface area contributed by atoms with E-state index in [-0.39, 0.29) is 17.1 Å². The van der Waals surface area contributed by atoms with Crippen molar-refractivity contribution < 1.29 is 14.7 Å². The topological polar surface area (TPSA) is 89.3 Å². The van der Waals surface area contributed by atoms with Crippen LogP contribution in [0.3, 0.4) is 0 Å². The summed E-state index contributed by atoms with van der Waals surface area (Å²) in [5.41, 5.74) is -0.0646. The molecule has 0 saturated heterocycles. The number of hydrogen-bond donors (Lipinski definition) is 1. The van der Waals surface area contributed by atoms with Crippen molar-refractivity contribution >= 4 is 23.2 Å². The largest absolute Gasteiger partial charge is 0.478 e. The van der Waals surface area contributed by atoms with Crippen LogP contribution < -0.4 is 5.56 Å². The number of fused-ring (bicyclic) bond motifs is 1. The van der Waals surface area contributed by atoms with Crippen LogP contribution in [0.1, 0.15) is 21.0 Å². The molecule has 0 radical (unpaired) electrons. The SMILES string of the molecule is O=Cc1nc2ccccc2c(=O)n1-c1ccccc1C(=O)O. The van der Waals surface area contributed by atoms with Crippen LogP contribution in [-0.2, 0) is 0 Å². The molecule has 0 amide bonds. The van der Waals surface area contributed by atoms with Crippen LogP contribution in [-0.4, -0.2) is 26.9 Å². The number of para-hydroxylation sites is 2. The van der Waals surface area contributed by atoms with Crippen LogP contribution in [0.25, 0.3) is 16.6 Å². The van der Waals surface area contributed by atoms with Gasteiger partial charge in [-0.15, -0.1) is 0 Å². The summed E-state index contributed by atoms with van der Waals surface area (Å²) in [5.74, 6) is -1.33. The predicted molar refractivity (Wildman–Crippen MR) is 79.7 cm³/mol. The van der Waals surface area contributed by atoms with E-state index >= 15 is 0 Å². The summed E-state index contributed by atoms with van der Waals surface area (Å²) >= 11 is 0. The van der Waals surface area contributed by atoms with Crippen LogP contribution in [0.2, 0.25) is 0 Å². The van der Waals surface area contributed by atoms with Gasteiger partial charge in [0, 0.05) is 0 Å². The number of benzene rings is 2. The molecule has 0 bridgehead atoms. The molecule has 3 aromatic rings. The summed E-state index contributed by atoms with van der Waals surface area (Å²) in [6.45, 7) is 0. The van der Waals surface area contributed by atoms with E-state index in [0.29, 0.717) is 17.2 Å². The Morgan fingerprint density at radius 3 is 2.50 bits per heavy atom. The molecule has 6 heteroatoms. The van der Waals surface area contributed by atoms with Gasteiger partial charge in [0.25, 0.3) is 5.56 Å². The number of aromatic nitrogens is 2. The van der Waals surface area contributed by atoms with Gasteiger partial charge in [-0.05, 0) is 24.3 Å². The highest BCUT2D eigenvalue weighted by molar-refractivity contribution is 5.93. The first-order valence-electron chi connectivity index (χ1n) is 6.43. The molecule has 6 nitrogen and oxygen atoms in total. The number of aromatic carboxylic acids is 1. The van der Waals surface area contributed by atoms with E-state index in [0.717, 1.165) is 4.57 Å². The number of carboxylic acids is 1. The van der Waals surface area contributed by atoms with Crippen molar-refractivity contribution in [1.82, 2.24) is 9.55 Å². The van der Waals surface area contributed by atoms with E-state index < -0.39 is 11.5 Å². The lowest BCUT2D eigenvalue weighted by molar-refractivity contribution is 0.0696. The lowest BCUT2D eigenvalue weighted by Gasteiger charge is -2.12. The van der Waals surface area contributed by atoms with E-state index in [2.05, 4.69) is 4.98 Å². The smallest absolute Gasteiger partial charge is 0.337 e. The Labute approximate surface area is 124 Å². The van der Waals surface area contributed by atoms with E-state index in [9.17, 15) is 19.5 Å². The molecule has 0 aliphatic carbocycles. The first-order chi connectivity index (χ1) is 10.6. The Balaban J connectivity index is 2.46. The Morgan fingerprint density at radius 1 is 1.09 bits per heavy atom. The van der Waals surface area contributed by atoms with Crippen molar-refractivity contribution in [3.8, 4) is 5.69 Å². The number of aldehydes is 1. The molecule has 1 aromatic heterocycles. The minimum absolute atomic E-state index is 0.0789. The summed E-state index contributed by atoms with van der Waals surface area (Å²) in [5, 5.41) is 9.58. The van der Waals surface area contributed by atoms with Gasteiger partial charge < -0.3 is 5.11 Å². The van der Waals surface area contributed by atoms with Crippen molar-refractivity contribution in [2.45, 2.75) is 0 Å². The summed E-state index contributed by atoms with van der Waals surface area (Å²) < 4.78 is 1.03. The summed E-state index contributed by atoms with van der Waals surface area (Å²) in [4.78, 5) is 39.4. The molecule has 2 aromatic carbocycles. The van der Waals surface area contributed by atoms with Crippen LogP contribution in [0.5, 0.6) is 0 Å². The standard InChI is InChI=1S/C16H10N2O4/c19-9-14-17-12-7-3-1-5-10(12)15(20)18(14)13-8-4-2-6-11(13)16(21)22/h1-9H,(H,21,22). The quantitative estimate of drug-likeness (QED) is 0.745. The van der Waals surface area contributed by atoms with Crippen molar-refractivity contribution in [1.29, 1.82) is 0 Å². The maximum Gasteiger partial charge on any atom is 0.337 e. The molecular weight excluding hydrogens is 284 g/mol. The maximum atomic E-state index is 12.7. The van der Waals surface area contributed by atoms with Crippen molar-refractivity contribution in [3.05, 3.63) is 70.3 Å². The van der Waals surface area contributed by atoms with Gasteiger partial charge in [-0.25, -0.2) is 9.78 Å². The highest BCUT2D eigenvalue weighted by atomic mass is 16.4. The molecule has 0 spiro atoms. The van der Waals surface area contributed by atoms with Gasteiger partial charge in [0.05, 0.1) is 22.2 Å². The first-order valence-corrected chi connectivity index (χ1v) is 6.43. The van der Waals surface area contributed by atoms with E-state index in [4.69, 9.17) is 0 Å². The fourth-order valence-corrected chi connectivity index (χ4v) is 2.31. The van der Waals surface area contributed by atoms with E-state index in [1.807, 2.05) is 0 Å². The second-order valence-electron chi connectivity index (χ2n) is 4.57. The molecular formula is C16H10N2O4. The molecule has 1 N–H and O–H groups in total. The summed E-state index contributed by atoms with van der Waals surface area (Å²) in [6.07, 6.45) is 0.437. The predicted octanol–water partition coefficient (Wildman–Crippen LogP) is 1.90. The zero-order valence-corrected chi connectivity index (χ0v) is 11.3. The molecule has 0 unspecified atom stereocenters. The second-order valence-corrected chi connectivity index (χ2v) is 4.57. The monoisotopic (exact) mass is 294 g/mol. The number of rotatable bonds is 3. The zero-order valence-electron chi connectivity index (χ0n) is 11.3. The number of carbonyl (C=O) groups is 2. The fourth-order valence-electron chi connectivity index (χ4n) is 2.31. The molecule has 22 heavy (non-hydrogen) atoms. The Kier molecular flexibility index (Phi) is 3.27. The number of nitrogens with zero attached hydrogens (tertiary/aromatic N) is 2. The van der Waals surface area contributed by atoms with Gasteiger partial charge in [0.2, 0.25) is 0 Å². The lowest BCUT2D eigenvalue weighted by atomic mass is 10.1. The highest BCUT2D eigenvalue weighted by Crippen LogP contribution is 2.16. The number of carboxylic acid groups (broad SMARTS) is 1. The van der Waals surface area contributed by atoms with Crippen LogP contribution >= 0.6 is 0 Å². The van der Waals surface area contributed by atoms with E-state index in [1.54, 1.807) is 36.4 Å². The maximum absolute atomic E-state index is 12.7. The molecule has 0 atom stereocenters. The molecule has 0 saturated carbocycles. The number of carbonyl (C=O) groups excluding carboxylic acids is 1. The van der Waals surface area contributed by atoms with Gasteiger partial charge in [-0.1, -0.05) is 24.3 Å². The zero-order chi connectivity index (χ0) is 15.7. The second kappa shape index (κ2) is 5.25. The minimum Gasteiger partial charge on any atom is -0.478 e. The molecule has 108 valence electrons. The van der Waals surface area contributed by atoms with Crippen LogP contribution in [0, 0.1) is 0 Å². The minimum atomic E-state index is -1.19. The molecule has 1 heterocycles. The van der Waals surface area contributed by atoms with Gasteiger partial charge in [-0.3, -0.25) is 14.2 Å². The molecule has 0 aliphatic heterocycles. The first kappa shape index (κ1) is 13.7. The average molecular weight is 294 g/mol. The average Bonchev–Trinajstić information content (AvgIpc) is 2.54. The number of hydrogen-bond acceptors (Lipinski definition) is 4. The van der Waals surface area contributed by atoms with Gasteiger partial charge >= 0.3 is 5.97 Å². The summed E-state index contributed by atoms with van der Waals surface area (Å²) in [7, 11) is 0. The molecule has 0 aliphatic rings. The molecule has 3 rings (SSSR count). The summed E-state index contributed by atoms with van der Waals surface area (Å²) in [6, 6.07) is 12.6. The lowest BCUT2D eigenvalue weighted by Crippen LogP contribution is -2.25. The Morgan fingerprint density at radius 2 is 1.77 bits per heavy atom. The van der Waals surface area contributed by atoms with Crippen LogP contribution in [0.15, 0.2) is 53.3 Å². The Bertz CT molecular complexity index is 960. The third kappa shape index (κ3) is 2.07. The van der Waals surface area contributed by atoms with Crippen molar-refractivity contribution in [2.24, 2.45) is 0 Å².